The van der Waals surface area contributed by atoms with Gasteiger partial charge in [-0.2, -0.15) is 0 Å². The molecule has 44 nitrogen and oxygen atoms in total. The second-order valence-corrected chi connectivity index (χ2v) is 35.0. The van der Waals surface area contributed by atoms with E-state index in [9.17, 15) is 121 Å². The van der Waals surface area contributed by atoms with Gasteiger partial charge in [-0.1, -0.05) is 89.9 Å². The Balaban J connectivity index is 0.000000539. The molecule has 0 aliphatic carbocycles. The third-order valence-electron chi connectivity index (χ3n) is 23.3. The van der Waals surface area contributed by atoms with Crippen molar-refractivity contribution in [2.75, 3.05) is 79.0 Å². The first-order chi connectivity index (χ1) is 62.9. The lowest BCUT2D eigenvalue weighted by Crippen LogP contribution is -2.67. The number of carbonyl (C=O) groups is 5. The molecular weight excluding hydrogens is 1750 g/mol. The third-order valence-corrected chi connectivity index (χ3v) is 23.3. The number of nitrogens with one attached hydrogen (secondary N) is 2. The number of aliphatic hydroxyl groups excluding tert-OH is 20. The molecule has 7 fully saturated rings. The molecule has 1 amide bonds. The summed E-state index contributed by atoms with van der Waals surface area (Å²) in [6.45, 7) is 9.92. The summed E-state index contributed by atoms with van der Waals surface area (Å²) < 4.78 is 74.2. The number of aliphatic carboxylic acids is 2. The first kappa shape index (κ1) is 122. The van der Waals surface area contributed by atoms with Crippen LogP contribution in [0.15, 0.2) is 0 Å². The van der Waals surface area contributed by atoms with E-state index in [1.54, 1.807) is 13.8 Å². The largest absolute Gasteiger partial charge is 0.481 e. The molecule has 33 atom stereocenters. The van der Waals surface area contributed by atoms with Crippen molar-refractivity contribution in [3.05, 3.63) is 0 Å². The van der Waals surface area contributed by atoms with E-state index in [0.717, 1.165) is 154 Å². The molecule has 778 valence electrons. The fourth-order valence-corrected chi connectivity index (χ4v) is 15.0. The molecule has 7 heterocycles. The number of unbranched alkanes of at least 4 members (excludes halogenated alkanes) is 18. The molecule has 7 saturated heterocycles. The van der Waals surface area contributed by atoms with Gasteiger partial charge in [-0.05, 0) is 131 Å². The van der Waals surface area contributed by atoms with E-state index in [0.29, 0.717) is 90.1 Å². The second-order valence-electron chi connectivity index (χ2n) is 35.0. The van der Waals surface area contributed by atoms with Crippen molar-refractivity contribution >= 4 is 29.4 Å². The number of rotatable bonds is 60. The zero-order chi connectivity index (χ0) is 98.4. The van der Waals surface area contributed by atoms with Crippen molar-refractivity contribution in [2.45, 2.75) is 449 Å². The lowest BCUT2D eigenvalue weighted by atomic mass is 9.96. The number of hydrogen-bond acceptors (Lipinski definition) is 41. The monoisotopic (exact) mass is 1920 g/mol. The molecule has 0 aromatic carbocycles. The van der Waals surface area contributed by atoms with Crippen LogP contribution in [0.5, 0.6) is 0 Å². The predicted molar refractivity (Wildman–Crippen MR) is 468 cm³/mol. The first-order valence-corrected chi connectivity index (χ1v) is 47.5. The van der Waals surface area contributed by atoms with Gasteiger partial charge in [0, 0.05) is 71.2 Å². The smallest absolute Gasteiger partial charge is 0.303 e. The molecule has 28 N–H and O–H groups in total. The molecule has 132 heavy (non-hydrogen) atoms. The molecule has 7 aliphatic rings. The standard InChI is InChI=1S/C40H73NO18.C30H55NO16.C9H19NO3.C6H13NO2.C3H6O/c1-23(44)15-10-6-5-8-12-18-28(46)41-19-14-17-25(45)16-11-7-3-4-9-13-20-54-40-37(59-38-34(52)32(50)29(47)24(2)55-38)36(31(49)27(22-43)57-40)58-39-35(53)33(51)30(48)26(21-42)56-39;1-15-19(35)22(38)24(40)28(43-15)47-27-26(46-29-25(41)23(39)20(36)17(13-32)44-29)21(37)18(14-33)45-30(27)42-12-7-5-3-2-4-6-9-16(34)10-8-11-31;1-8(11)7-10-6-4-2-3-5-9(12)13;7-5-3-1-2-4-6(8)9;1-3-2-4-3/h23-24,26-27,29-40,42-44,47-53H,3-22H2,1-2H3,(H,41,46);15,17-30,32-33,35-41H,2-14,31H2,1H3;8,10-11H,2-7H2,1H3,(H,12,13);1-5,7H2,(H,8,9);3H,2H2,1H3/t23?,24?,26?,27?,29-,30+,31+,32+,33+,34?,35?,36+,37?,38+,39-,40-;15?,17?,18?,19-,20+,21+,22+,23+,24?,25?,26+,27?,28+,29-,30-;;;/m11.../s1. The summed E-state index contributed by atoms with van der Waals surface area (Å²) in [6.07, 6.45) is -21.6. The van der Waals surface area contributed by atoms with Gasteiger partial charge in [0.25, 0.3) is 0 Å². The Morgan fingerprint density at radius 2 is 0.652 bits per heavy atom. The van der Waals surface area contributed by atoms with Gasteiger partial charge in [0.05, 0.1) is 63.6 Å². The Morgan fingerprint density at radius 3 is 1.02 bits per heavy atom. The average Bonchev–Trinajstić information content (AvgIpc) is 1.31. The van der Waals surface area contributed by atoms with Gasteiger partial charge in [0.1, 0.15) is 146 Å². The van der Waals surface area contributed by atoms with Gasteiger partial charge in [-0.15, -0.1) is 0 Å². The van der Waals surface area contributed by atoms with Crippen LogP contribution in [0.25, 0.3) is 0 Å². The molecule has 0 saturated carbocycles. The molecule has 0 spiro atoms. The van der Waals surface area contributed by atoms with Gasteiger partial charge < -0.3 is 196 Å². The Bertz CT molecular complexity index is 2970. The molecule has 0 aromatic rings. The molecule has 7 rings (SSSR count). The van der Waals surface area contributed by atoms with Crippen molar-refractivity contribution in [3.8, 4) is 0 Å². The summed E-state index contributed by atoms with van der Waals surface area (Å²) in [6, 6.07) is 0. The maximum absolute atomic E-state index is 12.3. The molecular formula is C88H166N4O40. The van der Waals surface area contributed by atoms with Crippen molar-refractivity contribution in [3.63, 3.8) is 0 Å². The highest BCUT2D eigenvalue weighted by atomic mass is 16.8. The number of carboxylic acids is 2. The summed E-state index contributed by atoms with van der Waals surface area (Å²) in [5.74, 6) is -1.04. The van der Waals surface area contributed by atoms with Gasteiger partial charge in [0.15, 0.2) is 37.7 Å². The maximum Gasteiger partial charge on any atom is 0.303 e. The normalized spacial score (nSPS) is 33.7. The molecule has 7 aliphatic heterocycles. The van der Waals surface area contributed by atoms with Gasteiger partial charge in [-0.3, -0.25) is 24.0 Å². The molecule has 0 bridgehead atoms. The molecule has 0 radical (unpaired) electrons. The molecule has 44 heteroatoms. The predicted octanol–water partition coefficient (Wildman–Crippen LogP) is -3.10. The van der Waals surface area contributed by atoms with Crippen molar-refractivity contribution in [1.82, 2.24) is 10.6 Å². The van der Waals surface area contributed by atoms with Crippen LogP contribution in [0.2, 0.25) is 0 Å². The van der Waals surface area contributed by atoms with Crippen LogP contribution >= 0.6 is 0 Å². The number of amides is 1. The summed E-state index contributed by atoms with van der Waals surface area (Å²) in [7, 11) is 0. The minimum atomic E-state index is -1.86. The van der Waals surface area contributed by atoms with Crippen LogP contribution in [0.3, 0.4) is 0 Å². The molecule has 0 aromatic heterocycles. The highest BCUT2D eigenvalue weighted by molar-refractivity contribution is 5.79. The number of hydrogen-bond donors (Lipinski definition) is 26. The Morgan fingerprint density at radius 1 is 0.341 bits per heavy atom. The summed E-state index contributed by atoms with van der Waals surface area (Å²) >= 11 is 0. The second kappa shape index (κ2) is 70.0. The van der Waals surface area contributed by atoms with Crippen LogP contribution in [0, 0.1) is 0 Å². The van der Waals surface area contributed by atoms with Gasteiger partial charge >= 0.3 is 11.9 Å². The maximum atomic E-state index is 12.3. The quantitative estimate of drug-likeness (QED) is 0.0212. The van der Waals surface area contributed by atoms with Gasteiger partial charge in [-0.25, -0.2) is 0 Å². The van der Waals surface area contributed by atoms with E-state index >= 15 is 0 Å². The van der Waals surface area contributed by atoms with E-state index in [1.165, 1.54) is 13.8 Å². The van der Waals surface area contributed by atoms with E-state index in [4.69, 9.17) is 88.4 Å². The molecule has 15 unspecified atom stereocenters. The number of aliphatic hydroxyl groups is 20. The average molecular weight is 1920 g/mol. The number of carbonyl (C=O) groups excluding carboxylic acids is 3. The van der Waals surface area contributed by atoms with Crippen molar-refractivity contribution < 1.29 is 198 Å². The number of carboxylic acid groups (broad SMARTS) is 2. The summed E-state index contributed by atoms with van der Waals surface area (Å²) in [5, 5.41) is 227. The van der Waals surface area contributed by atoms with E-state index in [1.807, 2.05) is 0 Å². The van der Waals surface area contributed by atoms with E-state index in [-0.39, 0.29) is 55.7 Å². The summed E-state index contributed by atoms with van der Waals surface area (Å²) in [4.78, 5) is 56.2. The first-order valence-electron chi connectivity index (χ1n) is 47.5. The van der Waals surface area contributed by atoms with Crippen LogP contribution < -0.4 is 22.1 Å². The van der Waals surface area contributed by atoms with Crippen LogP contribution in [-0.4, -0.2) is 423 Å². The Hall–Kier alpha value is -3.69. The highest BCUT2D eigenvalue weighted by Crippen LogP contribution is 2.37. The lowest BCUT2D eigenvalue weighted by Gasteiger charge is -2.48. The minimum Gasteiger partial charge on any atom is -0.481 e. The van der Waals surface area contributed by atoms with Crippen LogP contribution in [0.1, 0.15) is 247 Å². The zero-order valence-corrected chi connectivity index (χ0v) is 77.7. The van der Waals surface area contributed by atoms with Crippen molar-refractivity contribution in [1.29, 1.82) is 0 Å². The van der Waals surface area contributed by atoms with Gasteiger partial charge in [0.2, 0.25) is 5.91 Å². The number of epoxide rings is 1. The fraction of sp³-hybridized carbons (Fsp3) is 0.943. The number of Topliss-reactive ketones (excluding diaryl/α,β-unsaturated/α-hetero) is 2. The minimum absolute atomic E-state index is 0.00949. The Kier molecular flexibility index (Phi) is 65.0. The fourth-order valence-electron chi connectivity index (χ4n) is 15.0. The topological polar surface area (TPSA) is 730 Å². The summed E-state index contributed by atoms with van der Waals surface area (Å²) in [5.41, 5.74) is 10.6. The van der Waals surface area contributed by atoms with E-state index < -0.39 is 223 Å². The third kappa shape index (κ3) is 47.5. The van der Waals surface area contributed by atoms with Crippen molar-refractivity contribution in [2.24, 2.45) is 11.5 Å². The number of nitrogens with two attached hydrogens (primary N) is 2. The van der Waals surface area contributed by atoms with E-state index in [2.05, 4.69) is 17.6 Å². The lowest BCUT2D eigenvalue weighted by molar-refractivity contribution is -0.390. The number of ether oxygens (including phenoxy) is 13. The zero-order valence-electron chi connectivity index (χ0n) is 77.7. The highest BCUT2D eigenvalue weighted by Gasteiger charge is 2.57. The van der Waals surface area contributed by atoms with Crippen LogP contribution in [-0.2, 0) is 85.6 Å². The van der Waals surface area contributed by atoms with Crippen LogP contribution in [0.4, 0.5) is 0 Å². The Labute approximate surface area is 774 Å². The SMILES string of the molecule is CC(O)CCCCCCCC(=O)NCCCC(=O)CCCCCCCCO[C@@H]1OC(CO)[C@H](O)[C@H](O[C@H]2OC(CO)[C@H](O)[C@H](O)C2O)C1O[C@@H]1OC(C)[C@@H](O)[C@H](O)C1O.CC(O)CNCCCCCC(=O)O.CC1CO1.CC1O[C@@H](OC2[C@H](OCCCCCCCCC(=O)CCCN)OC(CO)[C@H](O)[C@@H]2O[C@H]2OC(CO)[C@H](O)[C@H](O)C2O)C(O)[C@@H](O)[C@@H]1O.NCCCCCC(=O)O. The number of ketones is 2.